The van der Waals surface area contributed by atoms with Crippen molar-refractivity contribution in [2.24, 2.45) is 0 Å². The van der Waals surface area contributed by atoms with E-state index in [0.29, 0.717) is 29.3 Å². The number of carbonyl (C=O) groups excluding carboxylic acids is 1. The maximum atomic E-state index is 12.1. The molecule has 0 aliphatic carbocycles. The van der Waals surface area contributed by atoms with Gasteiger partial charge >= 0.3 is 6.09 Å². The van der Waals surface area contributed by atoms with Gasteiger partial charge in [0, 0.05) is 45.4 Å². The zero-order chi connectivity index (χ0) is 21.2. The Hall–Kier alpha value is -2.19. The van der Waals surface area contributed by atoms with E-state index >= 15 is 0 Å². The monoisotopic (exact) mass is 406 g/mol. The molecular weight excluding hydrogens is 372 g/mol. The van der Waals surface area contributed by atoms with Crippen molar-refractivity contribution < 1.29 is 19.0 Å². The number of methoxy groups -OCH3 is 2. The highest BCUT2D eigenvalue weighted by molar-refractivity contribution is 5.90. The van der Waals surface area contributed by atoms with Crippen molar-refractivity contribution in [3.63, 3.8) is 0 Å². The lowest BCUT2D eigenvalue weighted by atomic mass is 9.98. The van der Waals surface area contributed by atoms with Crippen LogP contribution >= 0.6 is 0 Å². The summed E-state index contributed by atoms with van der Waals surface area (Å²) in [6.07, 6.45) is 2.04. The van der Waals surface area contributed by atoms with Crippen LogP contribution in [0.5, 0.6) is 5.75 Å². The molecule has 0 atom stereocenters. The van der Waals surface area contributed by atoms with E-state index < -0.39 is 11.7 Å². The first-order valence-electron chi connectivity index (χ1n) is 10.2. The quantitative estimate of drug-likeness (QED) is 0.727. The molecule has 0 aromatic heterocycles. The van der Waals surface area contributed by atoms with Crippen LogP contribution in [0.15, 0.2) is 12.1 Å². The number of hydrogen-bond donors (Lipinski definition) is 2. The lowest BCUT2D eigenvalue weighted by molar-refractivity contribution is -0.0546. The molecule has 2 fully saturated rings. The minimum atomic E-state index is -0.577. The van der Waals surface area contributed by atoms with Gasteiger partial charge in [-0.2, -0.15) is 0 Å². The van der Waals surface area contributed by atoms with E-state index in [1.165, 1.54) is 0 Å². The van der Waals surface area contributed by atoms with Gasteiger partial charge in [-0.1, -0.05) is 0 Å². The molecule has 8 nitrogen and oxygen atoms in total. The number of nitrogens with two attached hydrogens (primary N) is 1. The van der Waals surface area contributed by atoms with Crippen molar-refractivity contribution in [3.8, 4) is 5.75 Å². The Balaban J connectivity index is 1.64. The number of amides is 1. The summed E-state index contributed by atoms with van der Waals surface area (Å²) in [4.78, 5) is 16.9. The third-order valence-corrected chi connectivity index (χ3v) is 5.52. The van der Waals surface area contributed by atoms with E-state index in [4.69, 9.17) is 19.9 Å². The Morgan fingerprint density at radius 1 is 1.17 bits per heavy atom. The van der Waals surface area contributed by atoms with Crippen molar-refractivity contribution in [2.45, 2.75) is 51.4 Å². The molecule has 1 aromatic rings. The maximum Gasteiger partial charge on any atom is 0.412 e. The van der Waals surface area contributed by atoms with Crippen LogP contribution in [0.2, 0.25) is 0 Å². The number of likely N-dealkylation sites (tertiary alicyclic amines) is 1. The van der Waals surface area contributed by atoms with Gasteiger partial charge < -0.3 is 24.8 Å². The number of nitrogens with one attached hydrogen (secondary N) is 1. The highest BCUT2D eigenvalue weighted by Crippen LogP contribution is 2.37. The molecule has 162 valence electrons. The fourth-order valence-corrected chi connectivity index (χ4v) is 3.93. The molecule has 3 N–H and O–H groups in total. The van der Waals surface area contributed by atoms with Crippen molar-refractivity contribution >= 4 is 23.2 Å². The van der Waals surface area contributed by atoms with Crippen molar-refractivity contribution in [1.29, 1.82) is 0 Å². The molecule has 3 rings (SSSR count). The summed E-state index contributed by atoms with van der Waals surface area (Å²) in [5.74, 6) is 0.563. The Morgan fingerprint density at radius 3 is 2.38 bits per heavy atom. The maximum absolute atomic E-state index is 12.1. The summed E-state index contributed by atoms with van der Waals surface area (Å²) in [5.41, 5.74) is 7.81. The van der Waals surface area contributed by atoms with Gasteiger partial charge in [0.05, 0.1) is 30.3 Å². The van der Waals surface area contributed by atoms with Crippen molar-refractivity contribution in [2.75, 3.05) is 56.3 Å². The number of ether oxygens (including phenoxy) is 3. The van der Waals surface area contributed by atoms with Crippen LogP contribution < -0.4 is 20.7 Å². The van der Waals surface area contributed by atoms with E-state index in [0.717, 1.165) is 44.7 Å². The van der Waals surface area contributed by atoms with Crippen LogP contribution in [0.1, 0.15) is 33.6 Å². The molecule has 2 heterocycles. The van der Waals surface area contributed by atoms with Gasteiger partial charge in [0.15, 0.2) is 0 Å². The molecule has 0 radical (unpaired) electrons. The molecule has 0 unspecified atom stereocenters. The van der Waals surface area contributed by atoms with Crippen LogP contribution in [0.25, 0.3) is 0 Å². The lowest BCUT2D eigenvalue weighted by Crippen LogP contribution is -2.58. The van der Waals surface area contributed by atoms with E-state index in [2.05, 4.69) is 15.1 Å². The van der Waals surface area contributed by atoms with Crippen molar-refractivity contribution in [1.82, 2.24) is 4.90 Å². The number of nitrogen functional groups attached to an aromatic ring is 1. The van der Waals surface area contributed by atoms with Gasteiger partial charge in [-0.15, -0.1) is 0 Å². The molecule has 8 heteroatoms. The van der Waals surface area contributed by atoms with Crippen LogP contribution in [0.3, 0.4) is 0 Å². The molecule has 0 saturated carbocycles. The van der Waals surface area contributed by atoms with E-state index in [1.807, 2.05) is 26.8 Å². The summed E-state index contributed by atoms with van der Waals surface area (Å²) < 4.78 is 16.2. The molecule has 1 amide bonds. The summed E-state index contributed by atoms with van der Waals surface area (Å²) in [6, 6.07) is 4.24. The van der Waals surface area contributed by atoms with Crippen LogP contribution in [0, 0.1) is 0 Å². The zero-order valence-electron chi connectivity index (χ0n) is 18.2. The highest BCUT2D eigenvalue weighted by Gasteiger charge is 2.34. The standard InChI is InChI=1S/C21H34N4O4/c1-21(2,3)29-20(26)23-17-10-16(22)18(11-19(17)28-5)24-8-6-14(7-9-24)25-12-15(13-25)27-4/h10-11,14-15H,6-9,12-13,22H2,1-5H3,(H,23,26). The molecule has 2 aliphatic rings. The SMILES string of the molecule is COc1cc(N2CCC(N3CC(OC)C3)CC2)c(N)cc1NC(=O)OC(C)(C)C. The predicted molar refractivity (Wildman–Crippen MR) is 115 cm³/mol. The van der Waals surface area contributed by atoms with Gasteiger partial charge in [-0.25, -0.2) is 4.79 Å². The number of piperidine rings is 1. The van der Waals surface area contributed by atoms with Gasteiger partial charge in [0.25, 0.3) is 0 Å². The van der Waals surface area contributed by atoms with E-state index in [-0.39, 0.29) is 0 Å². The molecule has 0 spiro atoms. The average Bonchev–Trinajstić information content (AvgIpc) is 2.60. The molecule has 0 bridgehead atoms. The topological polar surface area (TPSA) is 89.3 Å². The minimum absolute atomic E-state index is 0.387. The number of benzene rings is 1. The summed E-state index contributed by atoms with van der Waals surface area (Å²) >= 11 is 0. The van der Waals surface area contributed by atoms with Crippen LogP contribution in [-0.2, 0) is 9.47 Å². The number of carbonyl (C=O) groups is 1. The van der Waals surface area contributed by atoms with Gasteiger partial charge in [-0.05, 0) is 39.7 Å². The molecule has 2 aliphatic heterocycles. The average molecular weight is 407 g/mol. The Labute approximate surface area is 173 Å². The Bertz CT molecular complexity index is 720. The van der Waals surface area contributed by atoms with Crippen molar-refractivity contribution in [3.05, 3.63) is 12.1 Å². The second kappa shape index (κ2) is 8.67. The number of rotatable bonds is 5. The fraction of sp³-hybridized carbons (Fsp3) is 0.667. The van der Waals surface area contributed by atoms with Gasteiger partial charge in [0.2, 0.25) is 0 Å². The molecule has 29 heavy (non-hydrogen) atoms. The van der Waals surface area contributed by atoms with Gasteiger partial charge in [0.1, 0.15) is 11.4 Å². The summed E-state index contributed by atoms with van der Waals surface area (Å²) in [6.45, 7) is 9.39. The minimum Gasteiger partial charge on any atom is -0.494 e. The number of nitrogens with zero attached hydrogens (tertiary/aromatic N) is 2. The molecule has 2 saturated heterocycles. The van der Waals surface area contributed by atoms with E-state index in [1.54, 1.807) is 20.3 Å². The third kappa shape index (κ3) is 5.25. The zero-order valence-corrected chi connectivity index (χ0v) is 18.2. The first-order valence-corrected chi connectivity index (χ1v) is 10.2. The molecular formula is C21H34N4O4. The number of anilines is 3. The lowest BCUT2D eigenvalue weighted by Gasteiger charge is -2.47. The smallest absolute Gasteiger partial charge is 0.412 e. The normalized spacial score (nSPS) is 19.0. The fourth-order valence-electron chi connectivity index (χ4n) is 3.93. The largest absolute Gasteiger partial charge is 0.494 e. The Kier molecular flexibility index (Phi) is 6.43. The summed E-state index contributed by atoms with van der Waals surface area (Å²) in [5, 5.41) is 2.73. The number of hydrogen-bond acceptors (Lipinski definition) is 7. The van der Waals surface area contributed by atoms with Crippen LogP contribution in [0.4, 0.5) is 21.9 Å². The first-order chi connectivity index (χ1) is 13.7. The first kappa shape index (κ1) is 21.5. The van der Waals surface area contributed by atoms with E-state index in [9.17, 15) is 4.79 Å². The van der Waals surface area contributed by atoms with Crippen LogP contribution in [-0.4, -0.2) is 69.1 Å². The second-order valence-corrected chi connectivity index (χ2v) is 8.77. The summed E-state index contributed by atoms with van der Waals surface area (Å²) in [7, 11) is 3.36. The third-order valence-electron chi connectivity index (χ3n) is 5.52. The molecule has 1 aromatic carbocycles. The predicted octanol–water partition coefficient (Wildman–Crippen LogP) is 2.92. The second-order valence-electron chi connectivity index (χ2n) is 8.77. The highest BCUT2D eigenvalue weighted by atomic mass is 16.6. The van der Waals surface area contributed by atoms with Gasteiger partial charge in [-0.3, -0.25) is 10.2 Å². The Morgan fingerprint density at radius 2 is 1.83 bits per heavy atom.